The Hall–Kier alpha value is -2.77. The molecule has 1 heterocycles. The van der Waals surface area contributed by atoms with Gasteiger partial charge in [0.05, 0.1) is 19.3 Å². The van der Waals surface area contributed by atoms with Gasteiger partial charge in [0.1, 0.15) is 24.6 Å². The van der Waals surface area contributed by atoms with Gasteiger partial charge in [0.15, 0.2) is 17.3 Å². The number of methoxy groups -OCH3 is 1. The van der Waals surface area contributed by atoms with E-state index in [4.69, 9.17) is 14.2 Å². The number of hydrogen-bond donors (Lipinski definition) is 1. The second-order valence-electron chi connectivity index (χ2n) is 7.85. The standard InChI is InChI=1S/C24H32N2O5/c1-5-26-15-20(31-22-9-7-6-8-21(22)26)14-25(3)13-19(28)16-30-23-11-10-18(17(2)27)12-24(23)29-4/h6-12,19-20,28H,5,13-16H2,1-4H3. The van der Waals surface area contributed by atoms with Crippen LogP contribution in [0.3, 0.4) is 0 Å². The summed E-state index contributed by atoms with van der Waals surface area (Å²) in [5.74, 6) is 1.84. The van der Waals surface area contributed by atoms with Gasteiger partial charge in [-0.2, -0.15) is 0 Å². The Kier molecular flexibility index (Phi) is 7.76. The highest BCUT2D eigenvalue weighted by atomic mass is 16.5. The molecule has 2 aromatic rings. The second-order valence-corrected chi connectivity index (χ2v) is 7.85. The largest absolute Gasteiger partial charge is 0.493 e. The maximum Gasteiger partial charge on any atom is 0.161 e. The summed E-state index contributed by atoms with van der Waals surface area (Å²) in [6.07, 6.45) is -0.660. The first-order chi connectivity index (χ1) is 14.9. The fourth-order valence-electron chi connectivity index (χ4n) is 3.80. The molecule has 0 fully saturated rings. The van der Waals surface area contributed by atoms with Crippen molar-refractivity contribution in [2.45, 2.75) is 26.1 Å². The monoisotopic (exact) mass is 428 g/mol. The summed E-state index contributed by atoms with van der Waals surface area (Å²) in [5.41, 5.74) is 1.68. The highest BCUT2D eigenvalue weighted by molar-refractivity contribution is 5.94. The Bertz CT molecular complexity index is 888. The van der Waals surface area contributed by atoms with Crippen molar-refractivity contribution < 1.29 is 24.1 Å². The molecule has 0 aliphatic carbocycles. The summed E-state index contributed by atoms with van der Waals surface area (Å²) >= 11 is 0. The average Bonchev–Trinajstić information content (AvgIpc) is 2.76. The number of carbonyl (C=O) groups excluding carboxylic acids is 1. The molecule has 1 N–H and O–H groups in total. The lowest BCUT2D eigenvalue weighted by Gasteiger charge is -2.37. The van der Waals surface area contributed by atoms with Crippen LogP contribution in [0.2, 0.25) is 0 Å². The number of hydrogen-bond acceptors (Lipinski definition) is 7. The predicted octanol–water partition coefficient (Wildman–Crippen LogP) is 2.86. The Balaban J connectivity index is 1.51. The molecule has 7 heteroatoms. The van der Waals surface area contributed by atoms with Crippen molar-refractivity contribution in [3.05, 3.63) is 48.0 Å². The molecule has 0 saturated heterocycles. The molecule has 0 saturated carbocycles. The molecule has 3 rings (SSSR count). The topological polar surface area (TPSA) is 71.5 Å². The van der Waals surface area contributed by atoms with Crippen molar-refractivity contribution >= 4 is 11.5 Å². The molecular formula is C24H32N2O5. The molecule has 0 amide bonds. The molecule has 168 valence electrons. The van der Waals surface area contributed by atoms with E-state index in [0.717, 1.165) is 24.5 Å². The number of ketones is 1. The van der Waals surface area contributed by atoms with Gasteiger partial charge in [0, 0.05) is 25.2 Å². The lowest BCUT2D eigenvalue weighted by molar-refractivity contribution is 0.0598. The molecule has 0 aromatic heterocycles. The normalized spacial score (nSPS) is 16.5. The van der Waals surface area contributed by atoms with Gasteiger partial charge in [-0.05, 0) is 51.2 Å². The van der Waals surface area contributed by atoms with Crippen LogP contribution in [0.1, 0.15) is 24.2 Å². The maximum atomic E-state index is 11.5. The first-order valence-electron chi connectivity index (χ1n) is 10.6. The quantitative estimate of drug-likeness (QED) is 0.584. The molecule has 7 nitrogen and oxygen atoms in total. The van der Waals surface area contributed by atoms with Gasteiger partial charge in [-0.25, -0.2) is 0 Å². The third kappa shape index (κ3) is 5.89. The highest BCUT2D eigenvalue weighted by Crippen LogP contribution is 2.33. The molecule has 2 atom stereocenters. The van der Waals surface area contributed by atoms with Crippen LogP contribution in [0, 0.1) is 0 Å². The third-order valence-corrected chi connectivity index (χ3v) is 5.34. The minimum Gasteiger partial charge on any atom is -0.493 e. The Morgan fingerprint density at radius 3 is 2.77 bits per heavy atom. The number of rotatable bonds is 10. The number of fused-ring (bicyclic) bond motifs is 1. The van der Waals surface area contributed by atoms with Crippen molar-refractivity contribution in [3.63, 3.8) is 0 Å². The number of ether oxygens (including phenoxy) is 3. The van der Waals surface area contributed by atoms with E-state index >= 15 is 0 Å². The molecular weight excluding hydrogens is 396 g/mol. The predicted molar refractivity (Wildman–Crippen MR) is 121 cm³/mol. The maximum absolute atomic E-state index is 11.5. The molecule has 31 heavy (non-hydrogen) atoms. The number of likely N-dealkylation sites (N-methyl/N-ethyl adjacent to an activating group) is 2. The van der Waals surface area contributed by atoms with E-state index in [1.165, 1.54) is 14.0 Å². The van der Waals surface area contributed by atoms with E-state index < -0.39 is 6.10 Å². The number of aliphatic hydroxyl groups is 1. The van der Waals surface area contributed by atoms with Crippen molar-refractivity contribution in [1.29, 1.82) is 0 Å². The van der Waals surface area contributed by atoms with Crippen LogP contribution in [0.15, 0.2) is 42.5 Å². The van der Waals surface area contributed by atoms with Crippen LogP contribution < -0.4 is 19.1 Å². The molecule has 2 aromatic carbocycles. The number of nitrogens with zero attached hydrogens (tertiary/aromatic N) is 2. The zero-order valence-corrected chi connectivity index (χ0v) is 18.7. The highest BCUT2D eigenvalue weighted by Gasteiger charge is 2.26. The number of Topliss-reactive ketones (excluding diaryl/α,β-unsaturated/α-hetero) is 1. The van der Waals surface area contributed by atoms with E-state index in [9.17, 15) is 9.90 Å². The van der Waals surface area contributed by atoms with E-state index in [0.29, 0.717) is 30.2 Å². The van der Waals surface area contributed by atoms with Gasteiger partial charge >= 0.3 is 0 Å². The van der Waals surface area contributed by atoms with Gasteiger partial charge in [0.25, 0.3) is 0 Å². The second kappa shape index (κ2) is 10.5. The van der Waals surface area contributed by atoms with Gasteiger partial charge in [-0.15, -0.1) is 0 Å². The zero-order chi connectivity index (χ0) is 22.4. The van der Waals surface area contributed by atoms with Crippen LogP contribution in [0.5, 0.6) is 17.2 Å². The van der Waals surface area contributed by atoms with Crippen LogP contribution in [0.4, 0.5) is 5.69 Å². The van der Waals surface area contributed by atoms with Crippen molar-refractivity contribution in [2.24, 2.45) is 0 Å². The lowest BCUT2D eigenvalue weighted by atomic mass is 10.1. The number of anilines is 1. The van der Waals surface area contributed by atoms with Crippen LogP contribution in [-0.2, 0) is 0 Å². The van der Waals surface area contributed by atoms with Crippen molar-refractivity contribution in [1.82, 2.24) is 4.90 Å². The first-order valence-corrected chi connectivity index (χ1v) is 10.6. The SMILES string of the molecule is CCN1CC(CN(C)CC(O)COc2ccc(C(C)=O)cc2OC)Oc2ccccc21. The van der Waals surface area contributed by atoms with Crippen molar-refractivity contribution in [3.8, 4) is 17.2 Å². The lowest BCUT2D eigenvalue weighted by Crippen LogP contribution is -2.47. The van der Waals surface area contributed by atoms with Gasteiger partial charge in [-0.3, -0.25) is 9.69 Å². The molecule has 2 unspecified atom stereocenters. The minimum absolute atomic E-state index is 0.0205. The van der Waals surface area contributed by atoms with Crippen molar-refractivity contribution in [2.75, 3.05) is 51.8 Å². The molecule has 0 spiro atoms. The fraction of sp³-hybridized carbons (Fsp3) is 0.458. The Morgan fingerprint density at radius 2 is 2.06 bits per heavy atom. The summed E-state index contributed by atoms with van der Waals surface area (Å²) in [6.45, 7) is 6.63. The van der Waals surface area contributed by atoms with Gasteiger partial charge in [-0.1, -0.05) is 12.1 Å². The molecule has 1 aliphatic rings. The summed E-state index contributed by atoms with van der Waals surface area (Å²) in [7, 11) is 3.49. The summed E-state index contributed by atoms with van der Waals surface area (Å²) in [4.78, 5) is 15.9. The van der Waals surface area contributed by atoms with E-state index in [2.05, 4.69) is 22.8 Å². The summed E-state index contributed by atoms with van der Waals surface area (Å²) in [5, 5.41) is 10.5. The number of aliphatic hydroxyl groups excluding tert-OH is 1. The van der Waals surface area contributed by atoms with Crippen LogP contribution in [-0.4, -0.2) is 74.9 Å². The first kappa shape index (κ1) is 22.9. The Labute approximate surface area is 184 Å². The van der Waals surface area contributed by atoms with Gasteiger partial charge in [0.2, 0.25) is 0 Å². The van der Waals surface area contributed by atoms with Gasteiger partial charge < -0.3 is 24.2 Å². The number of carbonyl (C=O) groups is 1. The molecule has 0 radical (unpaired) electrons. The third-order valence-electron chi connectivity index (χ3n) is 5.34. The minimum atomic E-state index is -0.680. The average molecular weight is 429 g/mol. The smallest absolute Gasteiger partial charge is 0.161 e. The molecule has 1 aliphatic heterocycles. The fourth-order valence-corrected chi connectivity index (χ4v) is 3.80. The number of para-hydroxylation sites is 2. The van der Waals surface area contributed by atoms with Crippen LogP contribution in [0.25, 0.3) is 0 Å². The van der Waals surface area contributed by atoms with E-state index in [-0.39, 0.29) is 18.5 Å². The Morgan fingerprint density at radius 1 is 1.29 bits per heavy atom. The number of benzene rings is 2. The molecule has 0 bridgehead atoms. The van der Waals surface area contributed by atoms with E-state index in [1.807, 2.05) is 25.2 Å². The zero-order valence-electron chi connectivity index (χ0n) is 18.7. The summed E-state index contributed by atoms with van der Waals surface area (Å²) < 4.78 is 17.2. The van der Waals surface area contributed by atoms with E-state index in [1.54, 1.807) is 18.2 Å². The summed E-state index contributed by atoms with van der Waals surface area (Å²) in [6, 6.07) is 13.1. The van der Waals surface area contributed by atoms with Crippen LogP contribution >= 0.6 is 0 Å².